The molecule has 0 bridgehead atoms. The molecule has 1 aliphatic rings. The first-order chi connectivity index (χ1) is 18.5. The van der Waals surface area contributed by atoms with Gasteiger partial charge < -0.3 is 10.0 Å². The van der Waals surface area contributed by atoms with Gasteiger partial charge in [0.05, 0.1) is 27.4 Å². The number of nitrogens with zero attached hydrogens (tertiary/aromatic N) is 4. The second-order valence-corrected chi connectivity index (χ2v) is 10.1. The number of fused-ring (bicyclic) bond motifs is 1. The number of benzene rings is 2. The minimum Gasteiger partial charge on any atom is -0.481 e. The monoisotopic (exact) mass is 528 g/mol. The summed E-state index contributed by atoms with van der Waals surface area (Å²) in [6.45, 7) is 1.44. The van der Waals surface area contributed by atoms with Gasteiger partial charge in [-0.3, -0.25) is 14.6 Å². The molecule has 1 N–H and O–H groups in total. The van der Waals surface area contributed by atoms with Gasteiger partial charge in [-0.15, -0.1) is 0 Å². The van der Waals surface area contributed by atoms with E-state index in [-0.39, 0.29) is 12.3 Å². The van der Waals surface area contributed by atoms with Crippen LogP contribution in [0.1, 0.15) is 59.6 Å². The standard InChI is InChI=1S/C30H29ClN4O3/c31-24-16-23(18-32-19-24)29-26(8-4-5-9-28(36)37)33-27-17-22(10-11-25(27)34-29)30(38)35-14-12-21(13-15-35)20-6-2-1-3-7-20/h1-3,6-7,10-11,16-19,21H,4-5,8-9,12-15H2,(H,36,37). The fraction of sp³-hybridized carbons (Fsp3) is 0.300. The van der Waals surface area contributed by atoms with Gasteiger partial charge in [-0.25, -0.2) is 9.97 Å². The quantitative estimate of drug-likeness (QED) is 0.275. The van der Waals surface area contributed by atoms with Crippen molar-refractivity contribution in [1.29, 1.82) is 0 Å². The zero-order valence-electron chi connectivity index (χ0n) is 21.0. The van der Waals surface area contributed by atoms with E-state index in [0.717, 1.165) is 37.2 Å². The van der Waals surface area contributed by atoms with Gasteiger partial charge in [-0.1, -0.05) is 41.9 Å². The number of aromatic nitrogens is 3. The average molecular weight is 529 g/mol. The number of pyridine rings is 1. The molecule has 0 unspecified atom stereocenters. The number of hydrogen-bond acceptors (Lipinski definition) is 5. The Kier molecular flexibility index (Phi) is 7.94. The molecule has 1 aliphatic heterocycles. The van der Waals surface area contributed by atoms with Crippen molar-refractivity contribution in [2.24, 2.45) is 0 Å². The summed E-state index contributed by atoms with van der Waals surface area (Å²) in [4.78, 5) is 40.2. The van der Waals surface area contributed by atoms with E-state index in [4.69, 9.17) is 26.7 Å². The van der Waals surface area contributed by atoms with E-state index in [2.05, 4.69) is 29.2 Å². The maximum absolute atomic E-state index is 13.4. The highest BCUT2D eigenvalue weighted by Crippen LogP contribution is 2.30. The number of hydrogen-bond donors (Lipinski definition) is 1. The molecular weight excluding hydrogens is 500 g/mol. The van der Waals surface area contributed by atoms with Crippen molar-refractivity contribution in [3.63, 3.8) is 0 Å². The van der Waals surface area contributed by atoms with Crippen LogP contribution in [0.15, 0.2) is 67.0 Å². The van der Waals surface area contributed by atoms with E-state index in [1.165, 1.54) is 5.56 Å². The summed E-state index contributed by atoms with van der Waals surface area (Å²) in [5, 5.41) is 9.49. The Bertz CT molecular complexity index is 1450. The van der Waals surface area contributed by atoms with Gasteiger partial charge in [-0.05, 0) is 67.9 Å². The number of likely N-dealkylation sites (tertiary alicyclic amines) is 1. The number of carbonyl (C=O) groups is 2. The summed E-state index contributed by atoms with van der Waals surface area (Å²) in [5.74, 6) is -0.332. The molecule has 0 spiro atoms. The lowest BCUT2D eigenvalue weighted by atomic mass is 9.89. The normalized spacial score (nSPS) is 14.1. The van der Waals surface area contributed by atoms with Crippen molar-refractivity contribution >= 4 is 34.5 Å². The molecule has 2 aromatic heterocycles. The summed E-state index contributed by atoms with van der Waals surface area (Å²) in [6.07, 6.45) is 7.01. The van der Waals surface area contributed by atoms with Crippen LogP contribution in [0, 0.1) is 0 Å². The van der Waals surface area contributed by atoms with E-state index < -0.39 is 5.97 Å². The Balaban J connectivity index is 1.38. The fourth-order valence-electron chi connectivity index (χ4n) is 5.06. The van der Waals surface area contributed by atoms with Crippen molar-refractivity contribution < 1.29 is 14.7 Å². The zero-order chi connectivity index (χ0) is 26.5. The lowest BCUT2D eigenvalue weighted by molar-refractivity contribution is -0.137. The van der Waals surface area contributed by atoms with Gasteiger partial charge in [-0.2, -0.15) is 0 Å². The van der Waals surface area contributed by atoms with E-state index in [1.807, 2.05) is 29.2 Å². The lowest BCUT2D eigenvalue weighted by Gasteiger charge is -2.32. The highest BCUT2D eigenvalue weighted by Gasteiger charge is 2.25. The van der Waals surface area contributed by atoms with Crippen molar-refractivity contribution in [1.82, 2.24) is 19.9 Å². The van der Waals surface area contributed by atoms with Crippen LogP contribution in [0.25, 0.3) is 22.3 Å². The number of carboxylic acids is 1. The Morgan fingerprint density at radius 3 is 2.47 bits per heavy atom. The summed E-state index contributed by atoms with van der Waals surface area (Å²) < 4.78 is 0. The Hall–Kier alpha value is -3.84. The van der Waals surface area contributed by atoms with Gasteiger partial charge in [0, 0.05) is 43.0 Å². The molecule has 1 saturated heterocycles. The highest BCUT2D eigenvalue weighted by atomic mass is 35.5. The van der Waals surface area contributed by atoms with Crippen LogP contribution in [0.3, 0.4) is 0 Å². The maximum atomic E-state index is 13.4. The second kappa shape index (κ2) is 11.7. The molecule has 8 heteroatoms. The maximum Gasteiger partial charge on any atom is 0.303 e. The van der Waals surface area contributed by atoms with Crippen LogP contribution in [-0.2, 0) is 11.2 Å². The van der Waals surface area contributed by atoms with Crippen LogP contribution in [-0.4, -0.2) is 49.9 Å². The van der Waals surface area contributed by atoms with E-state index in [0.29, 0.717) is 52.5 Å². The minimum atomic E-state index is -0.815. The van der Waals surface area contributed by atoms with Crippen LogP contribution >= 0.6 is 11.6 Å². The number of halogens is 1. The van der Waals surface area contributed by atoms with Gasteiger partial charge in [0.2, 0.25) is 0 Å². The Morgan fingerprint density at radius 2 is 1.74 bits per heavy atom. The molecule has 0 atom stereocenters. The average Bonchev–Trinajstić information content (AvgIpc) is 2.94. The van der Waals surface area contributed by atoms with E-state index >= 15 is 0 Å². The number of aliphatic carboxylic acids is 1. The number of amides is 1. The van der Waals surface area contributed by atoms with Crippen molar-refractivity contribution in [2.45, 2.75) is 44.4 Å². The summed E-state index contributed by atoms with van der Waals surface area (Å²) in [5.41, 5.74) is 5.41. The number of carboxylic acid groups (broad SMARTS) is 1. The summed E-state index contributed by atoms with van der Waals surface area (Å²) in [6, 6.07) is 17.7. The van der Waals surface area contributed by atoms with E-state index in [1.54, 1.807) is 18.5 Å². The van der Waals surface area contributed by atoms with Gasteiger partial charge in [0.1, 0.15) is 0 Å². The minimum absolute atomic E-state index is 0.00587. The van der Waals surface area contributed by atoms with Crippen LogP contribution in [0.5, 0.6) is 0 Å². The third-order valence-electron chi connectivity index (χ3n) is 7.07. The largest absolute Gasteiger partial charge is 0.481 e. The first-order valence-electron chi connectivity index (χ1n) is 13.0. The van der Waals surface area contributed by atoms with E-state index in [9.17, 15) is 9.59 Å². The molecule has 2 aromatic carbocycles. The molecule has 38 heavy (non-hydrogen) atoms. The predicted octanol–water partition coefficient (Wildman–Crippen LogP) is 6.16. The SMILES string of the molecule is O=C(O)CCCCc1nc2cc(C(=O)N3CCC(c4ccccc4)CC3)ccc2nc1-c1cncc(Cl)c1. The molecule has 7 nitrogen and oxygen atoms in total. The number of unbranched alkanes of at least 4 members (excludes halogenated alkanes) is 1. The van der Waals surface area contributed by atoms with Crippen LogP contribution < -0.4 is 0 Å². The molecule has 3 heterocycles. The molecule has 0 radical (unpaired) electrons. The van der Waals surface area contributed by atoms with Gasteiger partial charge in [0.15, 0.2) is 0 Å². The van der Waals surface area contributed by atoms with Gasteiger partial charge >= 0.3 is 5.97 Å². The highest BCUT2D eigenvalue weighted by molar-refractivity contribution is 6.30. The molecule has 5 rings (SSSR count). The number of aryl methyl sites for hydroxylation is 1. The number of piperidine rings is 1. The Labute approximate surface area is 226 Å². The third-order valence-corrected chi connectivity index (χ3v) is 7.28. The third kappa shape index (κ3) is 6.00. The number of rotatable bonds is 8. The molecule has 194 valence electrons. The molecule has 1 amide bonds. The first-order valence-corrected chi connectivity index (χ1v) is 13.3. The summed E-state index contributed by atoms with van der Waals surface area (Å²) in [7, 11) is 0. The van der Waals surface area contributed by atoms with Gasteiger partial charge in [0.25, 0.3) is 5.91 Å². The second-order valence-electron chi connectivity index (χ2n) is 9.69. The zero-order valence-corrected chi connectivity index (χ0v) is 21.8. The fourth-order valence-corrected chi connectivity index (χ4v) is 5.24. The smallest absolute Gasteiger partial charge is 0.303 e. The molecular formula is C30H29ClN4O3. The molecule has 0 saturated carbocycles. The Morgan fingerprint density at radius 1 is 0.947 bits per heavy atom. The van der Waals surface area contributed by atoms with Crippen LogP contribution in [0.4, 0.5) is 0 Å². The number of carbonyl (C=O) groups excluding carboxylic acids is 1. The van der Waals surface area contributed by atoms with Crippen molar-refractivity contribution in [3.05, 3.63) is 88.8 Å². The first kappa shape index (κ1) is 25.8. The molecule has 4 aromatic rings. The van der Waals surface area contributed by atoms with Crippen LogP contribution in [0.2, 0.25) is 5.02 Å². The predicted molar refractivity (Wildman–Crippen MR) is 147 cm³/mol. The van der Waals surface area contributed by atoms with Crippen molar-refractivity contribution in [3.8, 4) is 11.3 Å². The summed E-state index contributed by atoms with van der Waals surface area (Å²) >= 11 is 6.18. The molecule has 1 fully saturated rings. The molecule has 0 aliphatic carbocycles. The topological polar surface area (TPSA) is 96.3 Å². The lowest BCUT2D eigenvalue weighted by Crippen LogP contribution is -2.37. The van der Waals surface area contributed by atoms with Crippen molar-refractivity contribution in [2.75, 3.05) is 13.1 Å².